The lowest BCUT2D eigenvalue weighted by atomic mass is 10.1. The number of hydrogen-bond acceptors (Lipinski definition) is 5. The molecule has 0 aliphatic carbocycles. The molecule has 1 aromatic carbocycles. The number of nitrogen functional groups attached to an aromatic ring is 1. The molecular weight excluding hydrogens is 272 g/mol. The van der Waals surface area contributed by atoms with Gasteiger partial charge < -0.3 is 16.2 Å². The number of nitrogens with two attached hydrogens (primary N) is 2. The van der Waals surface area contributed by atoms with Crippen molar-refractivity contribution in [2.45, 2.75) is 20.1 Å². The van der Waals surface area contributed by atoms with E-state index in [1.54, 1.807) is 24.4 Å². The molecule has 0 spiro atoms. The Hall–Kier alpha value is -2.83. The number of esters is 1. The van der Waals surface area contributed by atoms with Crippen molar-refractivity contribution in [1.29, 1.82) is 0 Å². The Kier molecular flexibility index (Phi) is 4.22. The highest BCUT2D eigenvalue weighted by Gasteiger charge is 2.08. The molecule has 0 aliphatic heterocycles. The van der Waals surface area contributed by atoms with Gasteiger partial charge in [0.05, 0.1) is 11.9 Å². The minimum absolute atomic E-state index is 0.00435. The number of carbonyl (C=O) groups excluding carboxylic acids is 2. The topological polar surface area (TPSA) is 113 Å². The number of carbonyl (C=O) groups is 2. The van der Waals surface area contributed by atoms with Crippen molar-refractivity contribution >= 4 is 17.6 Å². The quantitative estimate of drug-likeness (QED) is 0.783. The van der Waals surface area contributed by atoms with Crippen molar-refractivity contribution in [2.75, 3.05) is 5.73 Å². The molecule has 1 aromatic heterocycles. The summed E-state index contributed by atoms with van der Waals surface area (Å²) in [6.45, 7) is 1.94. The second-order valence-electron chi connectivity index (χ2n) is 4.64. The second-order valence-corrected chi connectivity index (χ2v) is 4.64. The van der Waals surface area contributed by atoms with Gasteiger partial charge in [-0.3, -0.25) is 14.3 Å². The number of benzene rings is 1. The Bertz CT molecular complexity index is 679. The maximum atomic E-state index is 11.7. The summed E-state index contributed by atoms with van der Waals surface area (Å²) in [6.07, 6.45) is 3.01. The van der Waals surface area contributed by atoms with Crippen LogP contribution in [-0.4, -0.2) is 21.7 Å². The summed E-state index contributed by atoms with van der Waals surface area (Å²) in [5.41, 5.74) is 13.3. The van der Waals surface area contributed by atoms with Crippen molar-refractivity contribution < 1.29 is 14.3 Å². The molecule has 2 aromatic rings. The predicted molar refractivity (Wildman–Crippen MR) is 76.1 cm³/mol. The fourth-order valence-corrected chi connectivity index (χ4v) is 1.81. The number of anilines is 1. The molecule has 0 radical (unpaired) electrons. The molecule has 0 aliphatic rings. The fraction of sp³-hybridized carbons (Fsp3) is 0.214. The van der Waals surface area contributed by atoms with Crippen LogP contribution in [0.1, 0.15) is 21.5 Å². The van der Waals surface area contributed by atoms with Crippen molar-refractivity contribution in [3.8, 4) is 0 Å². The van der Waals surface area contributed by atoms with E-state index in [0.29, 0.717) is 11.3 Å². The number of rotatable bonds is 5. The highest BCUT2D eigenvalue weighted by Crippen LogP contribution is 2.12. The van der Waals surface area contributed by atoms with E-state index in [1.165, 1.54) is 10.9 Å². The van der Waals surface area contributed by atoms with Crippen LogP contribution in [0.4, 0.5) is 5.69 Å². The van der Waals surface area contributed by atoms with E-state index in [2.05, 4.69) is 5.10 Å². The van der Waals surface area contributed by atoms with E-state index in [1.807, 2.05) is 6.92 Å². The van der Waals surface area contributed by atoms with E-state index in [4.69, 9.17) is 16.2 Å². The standard InChI is InChI=1S/C14H16N4O3/c1-9-4-10(14(16)20)2-3-11(9)8-21-13(19)7-18-6-12(15)5-17-18/h2-6H,7-8,15H2,1H3,(H2,16,20). The number of hydrogen-bond donors (Lipinski definition) is 2. The van der Waals surface area contributed by atoms with Gasteiger partial charge in [-0.1, -0.05) is 6.07 Å². The van der Waals surface area contributed by atoms with E-state index in [0.717, 1.165) is 11.1 Å². The monoisotopic (exact) mass is 288 g/mol. The predicted octanol–water partition coefficient (Wildman–Crippen LogP) is 0.616. The molecule has 1 heterocycles. The van der Waals surface area contributed by atoms with Gasteiger partial charge in [-0.25, -0.2) is 0 Å². The zero-order valence-electron chi connectivity index (χ0n) is 11.6. The van der Waals surface area contributed by atoms with E-state index in [9.17, 15) is 9.59 Å². The van der Waals surface area contributed by atoms with Crippen molar-refractivity contribution in [2.24, 2.45) is 5.73 Å². The van der Waals surface area contributed by atoms with E-state index >= 15 is 0 Å². The van der Waals surface area contributed by atoms with Crippen molar-refractivity contribution in [3.05, 3.63) is 47.3 Å². The van der Waals surface area contributed by atoms with Gasteiger partial charge in [0, 0.05) is 11.8 Å². The molecule has 21 heavy (non-hydrogen) atoms. The third kappa shape index (κ3) is 3.82. The van der Waals surface area contributed by atoms with Crippen LogP contribution in [0, 0.1) is 6.92 Å². The molecule has 0 saturated carbocycles. The number of amides is 1. The summed E-state index contributed by atoms with van der Waals surface area (Å²) in [5, 5.41) is 3.90. The maximum Gasteiger partial charge on any atom is 0.328 e. The lowest BCUT2D eigenvalue weighted by Crippen LogP contribution is -2.15. The van der Waals surface area contributed by atoms with Crippen LogP contribution in [0.2, 0.25) is 0 Å². The van der Waals surface area contributed by atoms with Crippen LogP contribution in [0.15, 0.2) is 30.6 Å². The number of aryl methyl sites for hydroxylation is 1. The first-order valence-corrected chi connectivity index (χ1v) is 6.28. The van der Waals surface area contributed by atoms with Gasteiger partial charge in [0.2, 0.25) is 5.91 Å². The van der Waals surface area contributed by atoms with Gasteiger partial charge in [0.15, 0.2) is 0 Å². The molecule has 0 bridgehead atoms. The average molecular weight is 288 g/mol. The number of ether oxygens (including phenoxy) is 1. The van der Waals surface area contributed by atoms with Crippen LogP contribution in [0.5, 0.6) is 0 Å². The zero-order chi connectivity index (χ0) is 15.4. The first-order valence-electron chi connectivity index (χ1n) is 6.28. The molecule has 7 nitrogen and oxygen atoms in total. The van der Waals surface area contributed by atoms with Crippen LogP contribution in [0.25, 0.3) is 0 Å². The summed E-state index contributed by atoms with van der Waals surface area (Å²) in [7, 11) is 0. The van der Waals surface area contributed by atoms with Gasteiger partial charge in [-0.15, -0.1) is 0 Å². The lowest BCUT2D eigenvalue weighted by molar-refractivity contribution is -0.145. The normalized spacial score (nSPS) is 10.3. The Morgan fingerprint density at radius 1 is 1.38 bits per heavy atom. The highest BCUT2D eigenvalue weighted by molar-refractivity contribution is 5.93. The van der Waals surface area contributed by atoms with Gasteiger partial charge >= 0.3 is 5.97 Å². The molecule has 7 heteroatoms. The smallest absolute Gasteiger partial charge is 0.328 e. The van der Waals surface area contributed by atoms with Gasteiger partial charge in [-0.05, 0) is 30.2 Å². The molecule has 110 valence electrons. The summed E-state index contributed by atoms with van der Waals surface area (Å²) < 4.78 is 6.57. The Labute approximate surface area is 121 Å². The Morgan fingerprint density at radius 2 is 2.14 bits per heavy atom. The lowest BCUT2D eigenvalue weighted by Gasteiger charge is -2.08. The van der Waals surface area contributed by atoms with E-state index < -0.39 is 11.9 Å². The first-order chi connectivity index (χ1) is 9.95. The van der Waals surface area contributed by atoms with Crippen molar-refractivity contribution in [1.82, 2.24) is 9.78 Å². The maximum absolute atomic E-state index is 11.7. The van der Waals surface area contributed by atoms with Crippen LogP contribution in [-0.2, 0) is 22.7 Å². The van der Waals surface area contributed by atoms with E-state index in [-0.39, 0.29) is 13.2 Å². The average Bonchev–Trinajstić information content (AvgIpc) is 2.82. The number of nitrogens with zero attached hydrogens (tertiary/aromatic N) is 2. The summed E-state index contributed by atoms with van der Waals surface area (Å²) in [4.78, 5) is 22.7. The first kappa shape index (κ1) is 14.6. The number of primary amides is 1. The molecule has 2 rings (SSSR count). The highest BCUT2D eigenvalue weighted by atomic mass is 16.5. The third-order valence-corrected chi connectivity index (χ3v) is 2.96. The summed E-state index contributed by atoms with van der Waals surface area (Å²) in [5.74, 6) is -0.908. The van der Waals surface area contributed by atoms with Crippen molar-refractivity contribution in [3.63, 3.8) is 0 Å². The third-order valence-electron chi connectivity index (χ3n) is 2.96. The van der Waals surface area contributed by atoms with Gasteiger partial charge in [-0.2, -0.15) is 5.10 Å². The number of aromatic nitrogens is 2. The molecule has 4 N–H and O–H groups in total. The molecule has 0 fully saturated rings. The van der Waals surface area contributed by atoms with Gasteiger partial charge in [0.25, 0.3) is 0 Å². The van der Waals surface area contributed by atoms with Crippen LogP contribution < -0.4 is 11.5 Å². The largest absolute Gasteiger partial charge is 0.459 e. The molecule has 0 unspecified atom stereocenters. The molecule has 1 amide bonds. The Morgan fingerprint density at radius 3 is 2.71 bits per heavy atom. The fourth-order valence-electron chi connectivity index (χ4n) is 1.81. The zero-order valence-corrected chi connectivity index (χ0v) is 11.6. The SMILES string of the molecule is Cc1cc(C(N)=O)ccc1COC(=O)Cn1cc(N)cn1. The minimum atomic E-state index is -0.488. The molecular formula is C14H16N4O3. The van der Waals surface area contributed by atoms with Crippen LogP contribution >= 0.6 is 0 Å². The Balaban J connectivity index is 1.93. The second kappa shape index (κ2) is 6.08. The summed E-state index contributed by atoms with van der Waals surface area (Å²) in [6, 6.07) is 4.99. The minimum Gasteiger partial charge on any atom is -0.459 e. The van der Waals surface area contributed by atoms with Gasteiger partial charge in [0.1, 0.15) is 13.2 Å². The molecule has 0 atom stereocenters. The van der Waals surface area contributed by atoms with Crippen LogP contribution in [0.3, 0.4) is 0 Å². The summed E-state index contributed by atoms with van der Waals surface area (Å²) >= 11 is 0. The molecule has 0 saturated heterocycles.